The minimum absolute atomic E-state index is 0.601. The smallest absolute Gasteiger partial charge is 0.231 e. The van der Waals surface area contributed by atoms with Crippen LogP contribution in [0.15, 0.2) is 35.6 Å². The van der Waals surface area contributed by atoms with E-state index in [1.165, 1.54) is 11.1 Å². The van der Waals surface area contributed by atoms with E-state index in [2.05, 4.69) is 24.8 Å². The van der Waals surface area contributed by atoms with Crippen molar-refractivity contribution in [2.24, 2.45) is 4.99 Å². The summed E-state index contributed by atoms with van der Waals surface area (Å²) in [5, 5.41) is 4.19. The zero-order valence-corrected chi connectivity index (χ0v) is 23.8. The van der Waals surface area contributed by atoms with Gasteiger partial charge in [-0.2, -0.15) is 0 Å². The van der Waals surface area contributed by atoms with Crippen molar-refractivity contribution in [1.82, 2.24) is 19.6 Å². The molecule has 0 saturated heterocycles. The Morgan fingerprint density at radius 3 is 1.76 bits per heavy atom. The normalized spacial score (nSPS) is 9.06. The van der Waals surface area contributed by atoms with Crippen molar-refractivity contribution < 1.29 is 14.2 Å². The highest BCUT2D eigenvalue weighted by Gasteiger charge is 2.00. The van der Waals surface area contributed by atoms with E-state index in [0.717, 1.165) is 17.2 Å². The highest BCUT2D eigenvalue weighted by molar-refractivity contribution is 5.72. The molecule has 8 heteroatoms. The Kier molecular flexibility index (Phi) is 24.0. The van der Waals surface area contributed by atoms with Crippen LogP contribution in [0.3, 0.4) is 0 Å². The van der Waals surface area contributed by atoms with Crippen LogP contribution in [-0.4, -0.2) is 53.9 Å². The van der Waals surface area contributed by atoms with E-state index >= 15 is 0 Å². The molecule has 34 heavy (non-hydrogen) atoms. The van der Waals surface area contributed by atoms with E-state index < -0.39 is 0 Å². The first kappa shape index (κ1) is 35.4. The number of imidazole rings is 1. The lowest BCUT2D eigenvalue weighted by Gasteiger charge is -2.01. The molecule has 0 N–H and O–H groups in total. The summed E-state index contributed by atoms with van der Waals surface area (Å²) < 4.78 is 16.3. The number of aliphatic imine (C=N–C) groups is 1. The Morgan fingerprint density at radius 2 is 1.35 bits per heavy atom. The third kappa shape index (κ3) is 14.1. The predicted molar refractivity (Wildman–Crippen MR) is 145 cm³/mol. The van der Waals surface area contributed by atoms with Crippen LogP contribution in [0.25, 0.3) is 5.65 Å². The number of aryl methyl sites for hydroxylation is 3. The summed E-state index contributed by atoms with van der Waals surface area (Å²) in [6.45, 7) is 19.8. The van der Waals surface area contributed by atoms with Gasteiger partial charge in [-0.25, -0.2) is 14.5 Å². The molecule has 0 amide bonds. The fraction of sp³-hybridized carbons (Fsp3) is 0.538. The molecule has 0 fully saturated rings. The van der Waals surface area contributed by atoms with Crippen LogP contribution in [0.2, 0.25) is 0 Å². The minimum Gasteiger partial charge on any atom is -0.485 e. The van der Waals surface area contributed by atoms with Crippen molar-refractivity contribution >= 4 is 11.5 Å². The van der Waals surface area contributed by atoms with Gasteiger partial charge in [0.2, 0.25) is 11.8 Å². The number of fused-ring (bicyclic) bond motifs is 1. The number of hydrogen-bond acceptors (Lipinski definition) is 7. The van der Waals surface area contributed by atoms with Gasteiger partial charge in [-0.15, -0.1) is 5.10 Å². The number of nitrogens with zero attached hydrogens (tertiary/aromatic N) is 5. The number of methoxy groups -OCH3 is 3. The molecule has 8 nitrogen and oxygen atoms in total. The fourth-order valence-electron chi connectivity index (χ4n) is 1.88. The molecule has 0 bridgehead atoms. The van der Waals surface area contributed by atoms with Gasteiger partial charge in [0, 0.05) is 32.3 Å². The Morgan fingerprint density at radius 1 is 0.794 bits per heavy atom. The molecule has 0 aromatic carbocycles. The molecule has 3 aromatic rings. The van der Waals surface area contributed by atoms with Crippen molar-refractivity contribution in [2.75, 3.05) is 28.4 Å². The number of aromatic nitrogens is 4. The van der Waals surface area contributed by atoms with Crippen LogP contribution in [0.1, 0.15) is 65.3 Å². The third-order valence-electron chi connectivity index (χ3n) is 3.88. The van der Waals surface area contributed by atoms with Crippen LogP contribution < -0.4 is 9.47 Å². The first-order chi connectivity index (χ1) is 16.4. The van der Waals surface area contributed by atoms with Gasteiger partial charge in [-0.05, 0) is 38.0 Å². The molecule has 3 rings (SSSR count). The largest absolute Gasteiger partial charge is 0.485 e. The maximum atomic E-state index is 4.99. The standard InChI is InChI=1S/C8H9N3O.C8H11NO.C4H9NO.3C2H6/c1-6-5-9-7-3-4-8(12-2)10-11(6)7;1-6-4-8(10-3)9-5-7(6)2;1-4(5-2)6-3;3*1-2/h3-5H,1-2H3;4-5H,1-3H3;1-3H3;3*1-2H3. The van der Waals surface area contributed by atoms with E-state index in [1.807, 2.05) is 80.6 Å². The molecule has 0 spiro atoms. The number of rotatable bonds is 2. The van der Waals surface area contributed by atoms with Gasteiger partial charge in [-0.3, -0.25) is 4.99 Å². The van der Waals surface area contributed by atoms with Gasteiger partial charge >= 0.3 is 0 Å². The van der Waals surface area contributed by atoms with E-state index in [0.29, 0.717) is 11.8 Å². The van der Waals surface area contributed by atoms with Crippen LogP contribution in [-0.2, 0) is 4.74 Å². The highest BCUT2D eigenvalue weighted by atomic mass is 16.5. The summed E-state index contributed by atoms with van der Waals surface area (Å²) in [6.07, 6.45) is 3.59. The summed E-state index contributed by atoms with van der Waals surface area (Å²) in [4.78, 5) is 11.9. The van der Waals surface area contributed by atoms with Gasteiger partial charge in [-0.1, -0.05) is 41.5 Å². The number of hydrogen-bond donors (Lipinski definition) is 0. The van der Waals surface area contributed by atoms with Crippen molar-refractivity contribution in [3.05, 3.63) is 47.4 Å². The van der Waals surface area contributed by atoms with E-state index in [-0.39, 0.29) is 0 Å². The van der Waals surface area contributed by atoms with E-state index in [9.17, 15) is 0 Å². The van der Waals surface area contributed by atoms with Crippen LogP contribution in [0, 0.1) is 20.8 Å². The number of pyridine rings is 1. The second kappa shape index (κ2) is 23.0. The lowest BCUT2D eigenvalue weighted by atomic mass is 10.2. The molecule has 0 aliphatic heterocycles. The third-order valence-corrected chi connectivity index (χ3v) is 3.88. The summed E-state index contributed by atoms with van der Waals surface area (Å²) in [6, 6.07) is 5.59. The zero-order valence-electron chi connectivity index (χ0n) is 23.8. The molecule has 0 radical (unpaired) electrons. The zero-order chi connectivity index (χ0) is 27.1. The lowest BCUT2D eigenvalue weighted by molar-refractivity contribution is 0.389. The SMILES string of the molecule is CC.CC.CC.CN=C(C)OC.COc1cc(C)c(C)cn1.COc1ccc2ncc(C)n2n1. The summed E-state index contributed by atoms with van der Waals surface area (Å²) in [5.74, 6) is 2.00. The fourth-order valence-corrected chi connectivity index (χ4v) is 1.88. The van der Waals surface area contributed by atoms with Crippen LogP contribution in [0.4, 0.5) is 0 Å². The first-order valence-corrected chi connectivity index (χ1v) is 11.7. The molecule has 0 atom stereocenters. The summed E-state index contributed by atoms with van der Waals surface area (Å²) >= 11 is 0. The molecule has 0 aliphatic rings. The average molecular weight is 478 g/mol. The second-order valence-electron chi connectivity index (χ2n) is 5.80. The molecule has 194 valence electrons. The molecule has 0 saturated carbocycles. The van der Waals surface area contributed by atoms with Crippen LogP contribution in [0.5, 0.6) is 11.8 Å². The molecule has 3 heterocycles. The van der Waals surface area contributed by atoms with E-state index in [4.69, 9.17) is 9.47 Å². The Balaban J connectivity index is -0.000000397. The van der Waals surface area contributed by atoms with Gasteiger partial charge in [0.05, 0.1) is 33.2 Å². The highest BCUT2D eigenvalue weighted by Crippen LogP contribution is 2.11. The Hall–Kier alpha value is -3.16. The molecule has 0 unspecified atom stereocenters. The molecular formula is C26H47N5O3. The average Bonchev–Trinajstić information content (AvgIpc) is 3.29. The monoisotopic (exact) mass is 477 g/mol. The molecule has 3 aromatic heterocycles. The quantitative estimate of drug-likeness (QED) is 0.309. The Labute approximate surface area is 207 Å². The number of ether oxygens (including phenoxy) is 3. The van der Waals surface area contributed by atoms with Crippen molar-refractivity contribution in [1.29, 1.82) is 0 Å². The Bertz CT molecular complexity index is 909. The molecular weight excluding hydrogens is 430 g/mol. The maximum absolute atomic E-state index is 4.99. The predicted octanol–water partition coefficient (Wildman–Crippen LogP) is 6.51. The van der Waals surface area contributed by atoms with Crippen molar-refractivity contribution in [3.8, 4) is 11.8 Å². The van der Waals surface area contributed by atoms with Gasteiger partial charge in [0.25, 0.3) is 0 Å². The maximum Gasteiger partial charge on any atom is 0.231 e. The van der Waals surface area contributed by atoms with Gasteiger partial charge < -0.3 is 14.2 Å². The molecule has 0 aliphatic carbocycles. The minimum atomic E-state index is 0.601. The van der Waals surface area contributed by atoms with Gasteiger partial charge in [0.15, 0.2) is 11.5 Å². The van der Waals surface area contributed by atoms with Crippen molar-refractivity contribution in [2.45, 2.75) is 69.2 Å². The van der Waals surface area contributed by atoms with Crippen molar-refractivity contribution in [3.63, 3.8) is 0 Å². The first-order valence-electron chi connectivity index (χ1n) is 11.7. The summed E-state index contributed by atoms with van der Waals surface area (Å²) in [5.41, 5.74) is 4.25. The topological polar surface area (TPSA) is 83.1 Å². The van der Waals surface area contributed by atoms with Gasteiger partial charge in [0.1, 0.15) is 0 Å². The van der Waals surface area contributed by atoms with Crippen LogP contribution >= 0.6 is 0 Å². The summed E-state index contributed by atoms with van der Waals surface area (Å²) in [7, 11) is 6.51. The van der Waals surface area contributed by atoms with E-state index in [1.54, 1.807) is 52.1 Å². The lowest BCUT2D eigenvalue weighted by Crippen LogP contribution is -1.96. The second-order valence-corrected chi connectivity index (χ2v) is 5.80.